The number of rotatable bonds is 18. The van der Waals surface area contributed by atoms with Gasteiger partial charge >= 0.3 is 0 Å². The van der Waals surface area contributed by atoms with E-state index >= 15 is 0 Å². The molecule has 8 nitrogen and oxygen atoms in total. The molecule has 248 valence electrons. The number of carbonyl (C=O) groups is 3. The predicted octanol–water partition coefficient (Wildman–Crippen LogP) is 5.37. The fraction of sp³-hybridized carbons (Fsp3) is 0.639. The quantitative estimate of drug-likeness (QED) is 0.172. The smallest absolute Gasteiger partial charge is 0.251 e. The predicted molar refractivity (Wildman–Crippen MR) is 186 cm³/mol. The normalized spacial score (nSPS) is 26.6. The van der Waals surface area contributed by atoms with Crippen LogP contribution in [0.2, 0.25) is 0 Å². The second-order valence-corrected chi connectivity index (χ2v) is 14.3. The summed E-state index contributed by atoms with van der Waals surface area (Å²) in [5, 5.41) is 9.28. The molecule has 1 aromatic rings. The number of likely N-dealkylation sites (tertiary alicyclic amines) is 1. The van der Waals surface area contributed by atoms with E-state index in [1.807, 2.05) is 21.9 Å². The monoisotopic (exact) mass is 638 g/mol. The molecule has 6 atom stereocenters. The first-order valence-electron chi connectivity index (χ1n) is 17.0. The molecular weight excluding hydrogens is 584 g/mol. The molecule has 4 rings (SSSR count). The largest absolute Gasteiger partial charge is 0.396 e. The fourth-order valence-electron chi connectivity index (χ4n) is 8.03. The van der Waals surface area contributed by atoms with Gasteiger partial charge in [0, 0.05) is 62.5 Å². The van der Waals surface area contributed by atoms with Gasteiger partial charge in [0.15, 0.2) is 0 Å². The van der Waals surface area contributed by atoms with Gasteiger partial charge in [-0.3, -0.25) is 14.4 Å². The number of carbonyl (C=O) groups excluding carboxylic acids is 3. The number of aliphatic hydroxyl groups is 1. The van der Waals surface area contributed by atoms with E-state index in [-0.39, 0.29) is 35.5 Å². The van der Waals surface area contributed by atoms with Crippen LogP contribution in [0.15, 0.2) is 49.6 Å². The van der Waals surface area contributed by atoms with Crippen LogP contribution < -0.4 is 9.80 Å². The molecule has 3 saturated heterocycles. The van der Waals surface area contributed by atoms with Gasteiger partial charge in [-0.2, -0.15) is 0 Å². The van der Waals surface area contributed by atoms with Gasteiger partial charge in [-0.05, 0) is 69.7 Å². The van der Waals surface area contributed by atoms with E-state index in [1.165, 1.54) is 0 Å². The zero-order chi connectivity index (χ0) is 32.7. The topological polar surface area (TPSA) is 84.4 Å². The van der Waals surface area contributed by atoms with Crippen molar-refractivity contribution in [3.05, 3.63) is 49.6 Å². The second-order valence-electron chi connectivity index (χ2n) is 12.7. The van der Waals surface area contributed by atoms with Crippen molar-refractivity contribution in [3.8, 4) is 0 Å². The van der Waals surface area contributed by atoms with E-state index in [4.69, 9.17) is 0 Å². The molecule has 0 aromatic heterocycles. The number of benzene rings is 1. The van der Waals surface area contributed by atoms with Crippen LogP contribution in [0.25, 0.3) is 0 Å². The highest BCUT2D eigenvalue weighted by atomic mass is 32.2. The molecule has 0 saturated carbocycles. The van der Waals surface area contributed by atoms with E-state index in [9.17, 15) is 19.5 Å². The Morgan fingerprint density at radius 2 is 1.64 bits per heavy atom. The Labute approximate surface area is 274 Å². The molecule has 0 aliphatic carbocycles. The van der Waals surface area contributed by atoms with Crippen molar-refractivity contribution >= 4 is 40.9 Å². The average molecular weight is 639 g/mol. The van der Waals surface area contributed by atoms with Crippen LogP contribution in [0.1, 0.15) is 66.2 Å². The maximum absolute atomic E-state index is 15.0. The van der Waals surface area contributed by atoms with Crippen molar-refractivity contribution < 1.29 is 19.5 Å². The van der Waals surface area contributed by atoms with Crippen LogP contribution in [0, 0.1) is 17.8 Å². The van der Waals surface area contributed by atoms with E-state index < -0.39 is 22.6 Å². The summed E-state index contributed by atoms with van der Waals surface area (Å²) in [7, 11) is 0. The number of thioether (sulfide) groups is 1. The highest BCUT2D eigenvalue weighted by molar-refractivity contribution is 8.02. The van der Waals surface area contributed by atoms with Crippen LogP contribution >= 0.6 is 11.8 Å². The Morgan fingerprint density at radius 3 is 2.24 bits per heavy atom. The minimum absolute atomic E-state index is 0.00818. The van der Waals surface area contributed by atoms with Crippen molar-refractivity contribution in [1.29, 1.82) is 0 Å². The van der Waals surface area contributed by atoms with Crippen LogP contribution in [-0.2, 0) is 14.4 Å². The zero-order valence-electron chi connectivity index (χ0n) is 27.8. The highest BCUT2D eigenvalue weighted by Gasteiger charge is 2.76. The number of anilines is 2. The van der Waals surface area contributed by atoms with Crippen LogP contribution in [0.3, 0.4) is 0 Å². The van der Waals surface area contributed by atoms with Gasteiger partial charge in [0.2, 0.25) is 11.8 Å². The molecule has 9 heteroatoms. The molecule has 3 unspecified atom stereocenters. The SMILES string of the molecule is C=CCN(CCC)C(=O)[C@@H]1[C@H]2C(=O)N(CCCCCCO)C(C(=O)N(CC=C)c3ccc(N(CC)CC)cc3)C23S[C@@H]1CC3C. The minimum atomic E-state index is -0.670. The van der Waals surface area contributed by atoms with Crippen molar-refractivity contribution in [2.75, 3.05) is 55.7 Å². The summed E-state index contributed by atoms with van der Waals surface area (Å²) >= 11 is 1.73. The van der Waals surface area contributed by atoms with Gasteiger partial charge < -0.3 is 24.7 Å². The van der Waals surface area contributed by atoms with Crippen LogP contribution in [0.5, 0.6) is 0 Å². The molecule has 1 N–H and O–H groups in total. The Morgan fingerprint density at radius 1 is 1.00 bits per heavy atom. The molecule has 3 aliphatic rings. The minimum Gasteiger partial charge on any atom is -0.396 e. The molecule has 3 amide bonds. The summed E-state index contributed by atoms with van der Waals surface area (Å²) in [5.41, 5.74) is 1.88. The summed E-state index contributed by atoms with van der Waals surface area (Å²) in [6.45, 7) is 20.1. The number of nitrogens with zero attached hydrogens (tertiary/aromatic N) is 4. The number of aliphatic hydroxyl groups excluding tert-OH is 1. The van der Waals surface area contributed by atoms with Crippen molar-refractivity contribution in [3.63, 3.8) is 0 Å². The third-order valence-corrected chi connectivity index (χ3v) is 12.2. The molecule has 3 fully saturated rings. The lowest BCUT2D eigenvalue weighted by molar-refractivity contribution is -0.144. The third kappa shape index (κ3) is 6.57. The van der Waals surface area contributed by atoms with E-state index in [2.05, 4.69) is 57.9 Å². The lowest BCUT2D eigenvalue weighted by Gasteiger charge is -2.41. The van der Waals surface area contributed by atoms with Crippen molar-refractivity contribution in [1.82, 2.24) is 9.80 Å². The van der Waals surface area contributed by atoms with Gasteiger partial charge in [-0.1, -0.05) is 38.8 Å². The van der Waals surface area contributed by atoms with Gasteiger partial charge in [-0.15, -0.1) is 24.9 Å². The Hall–Kier alpha value is -2.78. The van der Waals surface area contributed by atoms with Crippen molar-refractivity contribution in [2.24, 2.45) is 17.8 Å². The van der Waals surface area contributed by atoms with Gasteiger partial charge in [0.1, 0.15) is 6.04 Å². The molecule has 3 heterocycles. The molecular formula is C36H54N4O4S. The first kappa shape index (κ1) is 35.1. The first-order valence-corrected chi connectivity index (χ1v) is 17.9. The number of fused-ring (bicyclic) bond motifs is 1. The van der Waals surface area contributed by atoms with E-state index in [1.54, 1.807) is 28.8 Å². The summed E-state index contributed by atoms with van der Waals surface area (Å²) in [6, 6.07) is 7.43. The fourth-order valence-corrected chi connectivity index (χ4v) is 10.4. The second kappa shape index (κ2) is 15.7. The number of amides is 3. The number of unbranched alkanes of at least 4 members (excludes halogenated alkanes) is 3. The number of hydrogen-bond donors (Lipinski definition) is 1. The Kier molecular flexibility index (Phi) is 12.2. The first-order chi connectivity index (χ1) is 21.7. The molecule has 3 aliphatic heterocycles. The summed E-state index contributed by atoms with van der Waals surface area (Å²) in [5.74, 6) is -1.00. The Bertz CT molecular complexity index is 1200. The van der Waals surface area contributed by atoms with E-state index in [0.29, 0.717) is 26.2 Å². The molecule has 2 bridgehead atoms. The van der Waals surface area contributed by atoms with Gasteiger partial charge in [0.05, 0.1) is 16.6 Å². The van der Waals surface area contributed by atoms with Crippen molar-refractivity contribution in [2.45, 2.75) is 82.3 Å². The van der Waals surface area contributed by atoms with Crippen LogP contribution in [-0.4, -0.2) is 94.5 Å². The van der Waals surface area contributed by atoms with Gasteiger partial charge in [0.25, 0.3) is 5.91 Å². The average Bonchev–Trinajstić information content (AvgIpc) is 3.63. The third-order valence-electron chi connectivity index (χ3n) is 10.1. The lowest BCUT2D eigenvalue weighted by Crippen LogP contribution is -2.57. The summed E-state index contributed by atoms with van der Waals surface area (Å²) in [6.07, 6.45) is 8.35. The van der Waals surface area contributed by atoms with Crippen LogP contribution in [0.4, 0.5) is 11.4 Å². The molecule has 45 heavy (non-hydrogen) atoms. The van der Waals surface area contributed by atoms with Gasteiger partial charge in [-0.25, -0.2) is 0 Å². The highest BCUT2D eigenvalue weighted by Crippen LogP contribution is 2.69. The maximum Gasteiger partial charge on any atom is 0.251 e. The number of hydrogen-bond acceptors (Lipinski definition) is 6. The Balaban J connectivity index is 1.74. The van der Waals surface area contributed by atoms with E-state index in [0.717, 1.165) is 63.0 Å². The molecule has 1 aromatic carbocycles. The maximum atomic E-state index is 15.0. The standard InChI is InChI=1S/C36H54N4O4S/c1-7-20-38(21-8-2)33(42)30-29-25-26(6)36(45-29)31(30)34(43)40(23-14-12-13-15-24-41)32(36)35(44)39(22-9-3)28-18-16-27(17-19-28)37(10-4)11-5/h7,9,16-19,26,29-32,41H,1,3,8,10-15,20-25H2,2,4-6H3/t26?,29-,30+,31+,32?,36?/m1/s1. The lowest BCUT2D eigenvalue weighted by atomic mass is 9.65. The molecule has 0 radical (unpaired) electrons. The molecule has 1 spiro atoms. The summed E-state index contributed by atoms with van der Waals surface area (Å²) in [4.78, 5) is 51.5. The zero-order valence-corrected chi connectivity index (χ0v) is 28.6. The summed E-state index contributed by atoms with van der Waals surface area (Å²) < 4.78 is -0.670.